The van der Waals surface area contributed by atoms with Crippen molar-refractivity contribution in [3.63, 3.8) is 0 Å². The van der Waals surface area contributed by atoms with Crippen LogP contribution >= 0.6 is 23.5 Å². The summed E-state index contributed by atoms with van der Waals surface area (Å²) >= 11 is 3.62. The van der Waals surface area contributed by atoms with E-state index >= 15 is 0 Å². The van der Waals surface area contributed by atoms with E-state index in [0.717, 1.165) is 37.9 Å². The van der Waals surface area contributed by atoms with Crippen molar-refractivity contribution >= 4 is 23.5 Å². The van der Waals surface area contributed by atoms with Gasteiger partial charge in [-0.2, -0.15) is 0 Å². The summed E-state index contributed by atoms with van der Waals surface area (Å²) in [5, 5.41) is 2.16. The van der Waals surface area contributed by atoms with Crippen LogP contribution in [0.15, 0.2) is 0 Å². The van der Waals surface area contributed by atoms with E-state index in [1.54, 1.807) is 0 Å². The summed E-state index contributed by atoms with van der Waals surface area (Å²) in [6.45, 7) is 7.37. The van der Waals surface area contributed by atoms with Gasteiger partial charge in [0.25, 0.3) is 0 Å². The Hall–Kier alpha value is 0.620. The van der Waals surface area contributed by atoms with Crippen LogP contribution < -0.4 is 0 Å². The van der Waals surface area contributed by atoms with Crippen molar-refractivity contribution in [3.8, 4) is 0 Å². The van der Waals surface area contributed by atoms with Crippen LogP contribution in [0.2, 0.25) is 0 Å². The Bertz CT molecular complexity index is 81.7. The largest absolute Gasteiger partial charge is 0.381 e. The third kappa shape index (κ3) is 12.6. The summed E-state index contributed by atoms with van der Waals surface area (Å²) in [4.78, 5) is 0. The van der Waals surface area contributed by atoms with Gasteiger partial charge in [0, 0.05) is 24.7 Å². The molecule has 0 amide bonds. The van der Waals surface area contributed by atoms with Crippen LogP contribution in [-0.2, 0) is 9.47 Å². The molecule has 0 aliphatic carbocycles. The molecule has 0 aromatic carbocycles. The molecule has 0 rings (SSSR count). The standard InChI is InChI=1S/C9H19O2S2/c1-3-10-5-7-12-9-13-8-6-11-4-2/h9H,3-8H2,1-2H3. The maximum absolute atomic E-state index is 5.20. The fourth-order valence-electron chi connectivity index (χ4n) is 0.647. The highest BCUT2D eigenvalue weighted by Gasteiger charge is 1.91. The van der Waals surface area contributed by atoms with E-state index in [2.05, 4.69) is 5.08 Å². The molecule has 1 radical (unpaired) electrons. The molecule has 79 valence electrons. The molecule has 0 unspecified atom stereocenters. The van der Waals surface area contributed by atoms with Gasteiger partial charge in [0.05, 0.1) is 18.3 Å². The molecule has 0 spiro atoms. The molecule has 0 fully saturated rings. The van der Waals surface area contributed by atoms with Crippen LogP contribution in [0.5, 0.6) is 0 Å². The molecule has 13 heavy (non-hydrogen) atoms. The molecule has 0 aliphatic rings. The average molecular weight is 223 g/mol. The average Bonchev–Trinajstić information content (AvgIpc) is 2.16. The topological polar surface area (TPSA) is 18.5 Å². The number of hydrogen-bond acceptors (Lipinski definition) is 4. The molecule has 0 saturated carbocycles. The minimum Gasteiger partial charge on any atom is -0.381 e. The minimum atomic E-state index is 0.818. The fraction of sp³-hybridized carbons (Fsp3) is 0.889. The van der Waals surface area contributed by atoms with Gasteiger partial charge in [-0.05, 0) is 13.8 Å². The van der Waals surface area contributed by atoms with Crippen LogP contribution in [0, 0.1) is 5.08 Å². The molecule has 0 N–H and O–H groups in total. The van der Waals surface area contributed by atoms with Gasteiger partial charge in [0.1, 0.15) is 0 Å². The molecule has 0 saturated heterocycles. The van der Waals surface area contributed by atoms with Crippen LogP contribution in [0.3, 0.4) is 0 Å². The number of rotatable bonds is 10. The van der Waals surface area contributed by atoms with Gasteiger partial charge in [-0.1, -0.05) is 0 Å². The predicted molar refractivity (Wildman–Crippen MR) is 62.2 cm³/mol. The normalized spacial score (nSPS) is 10.6. The van der Waals surface area contributed by atoms with E-state index in [-0.39, 0.29) is 0 Å². The van der Waals surface area contributed by atoms with Crippen molar-refractivity contribution in [3.05, 3.63) is 5.08 Å². The fourth-order valence-corrected chi connectivity index (χ4v) is 2.23. The number of hydrogen-bond donors (Lipinski definition) is 0. The molecule has 2 nitrogen and oxygen atoms in total. The van der Waals surface area contributed by atoms with Crippen molar-refractivity contribution in [2.75, 3.05) is 37.9 Å². The lowest BCUT2D eigenvalue weighted by Crippen LogP contribution is -1.96. The Morgan fingerprint density at radius 1 is 0.923 bits per heavy atom. The van der Waals surface area contributed by atoms with E-state index in [4.69, 9.17) is 9.47 Å². The van der Waals surface area contributed by atoms with E-state index in [1.807, 2.05) is 37.4 Å². The van der Waals surface area contributed by atoms with E-state index < -0.39 is 0 Å². The summed E-state index contributed by atoms with van der Waals surface area (Å²) in [6.07, 6.45) is 0. The second kappa shape index (κ2) is 12.6. The maximum Gasteiger partial charge on any atom is 0.0714 e. The van der Waals surface area contributed by atoms with Crippen molar-refractivity contribution in [2.24, 2.45) is 0 Å². The lowest BCUT2D eigenvalue weighted by molar-refractivity contribution is 0.164. The van der Waals surface area contributed by atoms with E-state index in [9.17, 15) is 0 Å². The number of thioether (sulfide) groups is 2. The molecule has 0 atom stereocenters. The highest BCUT2D eigenvalue weighted by atomic mass is 32.2. The van der Waals surface area contributed by atoms with Gasteiger partial charge < -0.3 is 9.47 Å². The predicted octanol–water partition coefficient (Wildman–Crippen LogP) is 2.65. The van der Waals surface area contributed by atoms with Crippen LogP contribution in [0.4, 0.5) is 0 Å². The first kappa shape index (κ1) is 13.6. The van der Waals surface area contributed by atoms with Gasteiger partial charge in [-0.3, -0.25) is 0 Å². The summed E-state index contributed by atoms with van der Waals surface area (Å²) in [5.74, 6) is 2.10. The van der Waals surface area contributed by atoms with Crippen LogP contribution in [-0.4, -0.2) is 37.9 Å². The van der Waals surface area contributed by atoms with Gasteiger partial charge in [-0.15, -0.1) is 23.5 Å². The summed E-state index contributed by atoms with van der Waals surface area (Å²) in [5.41, 5.74) is 0. The quantitative estimate of drug-likeness (QED) is 0.530. The summed E-state index contributed by atoms with van der Waals surface area (Å²) in [6, 6.07) is 0. The maximum atomic E-state index is 5.20. The monoisotopic (exact) mass is 223 g/mol. The Morgan fingerprint density at radius 2 is 1.38 bits per heavy atom. The van der Waals surface area contributed by atoms with Crippen molar-refractivity contribution < 1.29 is 9.47 Å². The zero-order valence-electron chi connectivity index (χ0n) is 8.45. The zero-order chi connectivity index (χ0) is 9.78. The second-order valence-corrected chi connectivity index (χ2v) is 4.48. The first-order valence-electron chi connectivity index (χ1n) is 4.62. The van der Waals surface area contributed by atoms with E-state index in [0.29, 0.717) is 0 Å². The lowest BCUT2D eigenvalue weighted by Gasteiger charge is -2.02. The van der Waals surface area contributed by atoms with Crippen molar-refractivity contribution in [1.82, 2.24) is 0 Å². The summed E-state index contributed by atoms with van der Waals surface area (Å²) in [7, 11) is 0. The van der Waals surface area contributed by atoms with Gasteiger partial charge in [0.2, 0.25) is 0 Å². The first-order chi connectivity index (χ1) is 6.41. The molecule has 0 aromatic rings. The molecular formula is C9H19O2S2. The molecule has 0 aliphatic heterocycles. The van der Waals surface area contributed by atoms with Crippen LogP contribution in [0.1, 0.15) is 13.8 Å². The molecule has 4 heteroatoms. The number of ether oxygens (including phenoxy) is 2. The smallest absolute Gasteiger partial charge is 0.0714 e. The molecular weight excluding hydrogens is 204 g/mol. The summed E-state index contributed by atoms with van der Waals surface area (Å²) < 4.78 is 10.4. The Balaban J connectivity index is 2.76. The molecule has 0 heterocycles. The third-order valence-corrected chi connectivity index (χ3v) is 3.13. The van der Waals surface area contributed by atoms with Gasteiger partial charge in [-0.25, -0.2) is 0 Å². The SMILES string of the molecule is CCOCCS[CH]SCCOCC. The van der Waals surface area contributed by atoms with E-state index in [1.165, 1.54) is 0 Å². The molecule has 0 aromatic heterocycles. The highest BCUT2D eigenvalue weighted by Crippen LogP contribution is 2.17. The minimum absolute atomic E-state index is 0.818. The highest BCUT2D eigenvalue weighted by molar-refractivity contribution is 8.19. The molecule has 0 bridgehead atoms. The Kier molecular flexibility index (Phi) is 13.2. The Morgan fingerprint density at radius 3 is 1.77 bits per heavy atom. The zero-order valence-corrected chi connectivity index (χ0v) is 10.1. The second-order valence-electron chi connectivity index (χ2n) is 2.23. The van der Waals surface area contributed by atoms with Crippen molar-refractivity contribution in [1.29, 1.82) is 0 Å². The van der Waals surface area contributed by atoms with Crippen LogP contribution in [0.25, 0.3) is 0 Å². The van der Waals surface area contributed by atoms with Crippen molar-refractivity contribution in [2.45, 2.75) is 13.8 Å². The van der Waals surface area contributed by atoms with Gasteiger partial charge >= 0.3 is 0 Å². The Labute approximate surface area is 90.1 Å². The first-order valence-corrected chi connectivity index (χ1v) is 6.72. The third-order valence-electron chi connectivity index (χ3n) is 1.24. The van der Waals surface area contributed by atoms with Gasteiger partial charge in [0.15, 0.2) is 0 Å². The lowest BCUT2D eigenvalue weighted by atomic mass is 10.8.